The van der Waals surface area contributed by atoms with E-state index in [1.54, 1.807) is 24.3 Å². The Labute approximate surface area is 127 Å². The second-order valence-electron chi connectivity index (χ2n) is 5.22. The van der Waals surface area contributed by atoms with Crippen LogP contribution in [0.25, 0.3) is 22.6 Å². The van der Waals surface area contributed by atoms with Gasteiger partial charge >= 0.3 is 0 Å². The van der Waals surface area contributed by atoms with Crippen LogP contribution in [0.3, 0.4) is 0 Å². The van der Waals surface area contributed by atoms with Gasteiger partial charge in [-0.1, -0.05) is 6.07 Å². The standard InChI is InChI=1S/C17H16N2O3/c1-10(18-11(2)20)13-5-8-15-16(9-13)22-17(19-15)12-3-6-14(21)7-4-12/h3-10,21H,1-2H3,(H,18,20)/t10-/m0/s1. The number of oxazole rings is 1. The fourth-order valence-electron chi connectivity index (χ4n) is 2.33. The Hall–Kier alpha value is -2.82. The number of rotatable bonds is 3. The molecule has 0 aliphatic heterocycles. The molecule has 1 atom stereocenters. The van der Waals surface area contributed by atoms with Crippen molar-refractivity contribution in [3.63, 3.8) is 0 Å². The summed E-state index contributed by atoms with van der Waals surface area (Å²) >= 11 is 0. The van der Waals surface area contributed by atoms with E-state index >= 15 is 0 Å². The lowest BCUT2D eigenvalue weighted by Crippen LogP contribution is -2.23. The zero-order valence-electron chi connectivity index (χ0n) is 12.3. The highest BCUT2D eigenvalue weighted by Crippen LogP contribution is 2.27. The first-order chi connectivity index (χ1) is 10.5. The zero-order chi connectivity index (χ0) is 15.7. The van der Waals surface area contributed by atoms with Gasteiger partial charge in [-0.3, -0.25) is 4.79 Å². The Morgan fingerprint density at radius 3 is 2.64 bits per heavy atom. The van der Waals surface area contributed by atoms with Gasteiger partial charge in [-0.2, -0.15) is 0 Å². The summed E-state index contributed by atoms with van der Waals surface area (Å²) in [5, 5.41) is 12.2. The van der Waals surface area contributed by atoms with Crippen LogP contribution in [0.4, 0.5) is 0 Å². The average Bonchev–Trinajstić information content (AvgIpc) is 2.90. The summed E-state index contributed by atoms with van der Waals surface area (Å²) in [7, 11) is 0. The minimum Gasteiger partial charge on any atom is -0.508 e. The van der Waals surface area contributed by atoms with E-state index in [-0.39, 0.29) is 17.7 Å². The normalized spacial score (nSPS) is 12.3. The van der Waals surface area contributed by atoms with Gasteiger partial charge in [-0.15, -0.1) is 0 Å². The third-order valence-electron chi connectivity index (χ3n) is 3.45. The van der Waals surface area contributed by atoms with Crippen molar-refractivity contribution in [2.75, 3.05) is 0 Å². The van der Waals surface area contributed by atoms with Crippen LogP contribution in [0.15, 0.2) is 46.9 Å². The molecular formula is C17H16N2O3. The van der Waals surface area contributed by atoms with E-state index in [9.17, 15) is 9.90 Å². The molecule has 0 aliphatic rings. The molecule has 1 amide bonds. The fraction of sp³-hybridized carbons (Fsp3) is 0.176. The molecule has 112 valence electrons. The van der Waals surface area contributed by atoms with E-state index in [2.05, 4.69) is 10.3 Å². The van der Waals surface area contributed by atoms with Crippen molar-refractivity contribution in [1.82, 2.24) is 10.3 Å². The molecular weight excluding hydrogens is 280 g/mol. The number of phenols is 1. The van der Waals surface area contributed by atoms with Crippen molar-refractivity contribution in [3.8, 4) is 17.2 Å². The summed E-state index contributed by atoms with van der Waals surface area (Å²) in [5.41, 5.74) is 3.17. The molecule has 0 saturated carbocycles. The molecule has 0 aliphatic carbocycles. The van der Waals surface area contributed by atoms with Crippen molar-refractivity contribution in [2.24, 2.45) is 0 Å². The van der Waals surface area contributed by atoms with Crippen molar-refractivity contribution in [1.29, 1.82) is 0 Å². The molecule has 0 unspecified atom stereocenters. The quantitative estimate of drug-likeness (QED) is 0.776. The summed E-state index contributed by atoms with van der Waals surface area (Å²) in [5.74, 6) is 0.626. The van der Waals surface area contributed by atoms with E-state index in [1.165, 1.54) is 6.92 Å². The van der Waals surface area contributed by atoms with Crippen molar-refractivity contribution in [2.45, 2.75) is 19.9 Å². The predicted molar refractivity (Wildman–Crippen MR) is 83.3 cm³/mol. The highest BCUT2D eigenvalue weighted by molar-refractivity contribution is 5.78. The SMILES string of the molecule is CC(=O)N[C@@H](C)c1ccc2nc(-c3ccc(O)cc3)oc2c1. The number of phenolic OH excluding ortho intramolecular Hbond substituents is 1. The maximum Gasteiger partial charge on any atom is 0.227 e. The summed E-state index contributed by atoms with van der Waals surface area (Å²) in [6.07, 6.45) is 0. The number of nitrogens with zero attached hydrogens (tertiary/aromatic N) is 1. The summed E-state index contributed by atoms with van der Waals surface area (Å²) in [6, 6.07) is 12.3. The minimum atomic E-state index is -0.0934. The van der Waals surface area contributed by atoms with Gasteiger partial charge in [0.2, 0.25) is 11.8 Å². The molecule has 2 aromatic carbocycles. The maximum absolute atomic E-state index is 11.1. The first kappa shape index (κ1) is 14.1. The van der Waals surface area contributed by atoms with Gasteiger partial charge in [0.25, 0.3) is 0 Å². The Balaban J connectivity index is 1.96. The molecule has 1 aromatic heterocycles. The Morgan fingerprint density at radius 2 is 1.95 bits per heavy atom. The first-order valence-corrected chi connectivity index (χ1v) is 7.00. The number of benzene rings is 2. The number of hydrogen-bond acceptors (Lipinski definition) is 4. The molecule has 0 spiro atoms. The van der Waals surface area contributed by atoms with Crippen LogP contribution in [0.2, 0.25) is 0 Å². The van der Waals surface area contributed by atoms with Gasteiger partial charge in [-0.25, -0.2) is 4.98 Å². The minimum absolute atomic E-state index is 0.0741. The lowest BCUT2D eigenvalue weighted by Gasteiger charge is -2.12. The number of nitrogens with one attached hydrogen (secondary N) is 1. The second-order valence-corrected chi connectivity index (χ2v) is 5.22. The van der Waals surface area contributed by atoms with E-state index in [1.807, 2.05) is 25.1 Å². The third-order valence-corrected chi connectivity index (χ3v) is 3.45. The number of carbonyl (C=O) groups excluding carboxylic acids is 1. The van der Waals surface area contributed by atoms with Crippen LogP contribution in [0.5, 0.6) is 5.75 Å². The molecule has 3 aromatic rings. The van der Waals surface area contributed by atoms with E-state index in [0.717, 1.165) is 16.6 Å². The zero-order valence-corrected chi connectivity index (χ0v) is 12.3. The molecule has 5 nitrogen and oxygen atoms in total. The predicted octanol–water partition coefficient (Wildman–Crippen LogP) is 3.40. The Morgan fingerprint density at radius 1 is 1.23 bits per heavy atom. The van der Waals surface area contributed by atoms with Gasteiger partial charge in [0, 0.05) is 12.5 Å². The van der Waals surface area contributed by atoms with Crippen LogP contribution < -0.4 is 5.32 Å². The highest BCUT2D eigenvalue weighted by Gasteiger charge is 2.12. The molecule has 22 heavy (non-hydrogen) atoms. The number of aromatic hydroxyl groups is 1. The number of carbonyl (C=O) groups is 1. The van der Waals surface area contributed by atoms with Gasteiger partial charge in [0.05, 0.1) is 6.04 Å². The van der Waals surface area contributed by atoms with E-state index in [4.69, 9.17) is 4.42 Å². The lowest BCUT2D eigenvalue weighted by atomic mass is 10.1. The van der Waals surface area contributed by atoms with Crippen LogP contribution >= 0.6 is 0 Å². The maximum atomic E-state index is 11.1. The van der Waals surface area contributed by atoms with Crippen LogP contribution in [-0.2, 0) is 4.79 Å². The van der Waals surface area contributed by atoms with Crippen molar-refractivity contribution in [3.05, 3.63) is 48.0 Å². The smallest absolute Gasteiger partial charge is 0.227 e. The summed E-state index contributed by atoms with van der Waals surface area (Å²) in [6.45, 7) is 3.41. The van der Waals surface area contributed by atoms with Gasteiger partial charge in [0.1, 0.15) is 11.3 Å². The lowest BCUT2D eigenvalue weighted by molar-refractivity contribution is -0.119. The van der Waals surface area contributed by atoms with Crippen LogP contribution in [0.1, 0.15) is 25.5 Å². The van der Waals surface area contributed by atoms with Crippen LogP contribution in [-0.4, -0.2) is 16.0 Å². The van der Waals surface area contributed by atoms with Gasteiger partial charge < -0.3 is 14.8 Å². The molecule has 0 fully saturated rings. The molecule has 0 saturated heterocycles. The molecule has 5 heteroatoms. The van der Waals surface area contributed by atoms with Gasteiger partial charge in [0.15, 0.2) is 5.58 Å². The Kier molecular flexibility index (Phi) is 3.55. The van der Waals surface area contributed by atoms with E-state index in [0.29, 0.717) is 11.5 Å². The largest absolute Gasteiger partial charge is 0.508 e. The molecule has 1 heterocycles. The summed E-state index contributed by atoms with van der Waals surface area (Å²) in [4.78, 5) is 15.6. The number of amides is 1. The highest BCUT2D eigenvalue weighted by atomic mass is 16.3. The Bertz CT molecular complexity index is 822. The average molecular weight is 296 g/mol. The van der Waals surface area contributed by atoms with E-state index < -0.39 is 0 Å². The van der Waals surface area contributed by atoms with Crippen LogP contribution in [0, 0.1) is 0 Å². The number of aromatic nitrogens is 1. The topological polar surface area (TPSA) is 75.4 Å². The number of fused-ring (bicyclic) bond motifs is 1. The van der Waals surface area contributed by atoms with Crippen molar-refractivity contribution >= 4 is 17.0 Å². The fourth-order valence-corrected chi connectivity index (χ4v) is 2.33. The monoisotopic (exact) mass is 296 g/mol. The van der Waals surface area contributed by atoms with Gasteiger partial charge in [-0.05, 0) is 48.9 Å². The first-order valence-electron chi connectivity index (χ1n) is 7.00. The molecule has 0 bridgehead atoms. The molecule has 2 N–H and O–H groups in total. The molecule has 3 rings (SSSR count). The number of hydrogen-bond donors (Lipinski definition) is 2. The second kappa shape index (κ2) is 5.52. The molecule has 0 radical (unpaired) electrons. The third kappa shape index (κ3) is 2.79. The summed E-state index contributed by atoms with van der Waals surface area (Å²) < 4.78 is 5.78. The van der Waals surface area contributed by atoms with Crippen molar-refractivity contribution < 1.29 is 14.3 Å².